The normalized spacial score (nSPS) is 24.4. The van der Waals surface area contributed by atoms with Gasteiger partial charge in [-0.25, -0.2) is 0 Å². The van der Waals surface area contributed by atoms with E-state index in [0.717, 1.165) is 32.1 Å². The molecule has 120 valence electrons. The van der Waals surface area contributed by atoms with Crippen molar-refractivity contribution in [3.8, 4) is 0 Å². The number of likely N-dealkylation sites (N-methyl/N-ethyl adjacent to an activating group) is 1. The van der Waals surface area contributed by atoms with Crippen LogP contribution >= 0.6 is 0 Å². The molecule has 0 aromatic carbocycles. The summed E-state index contributed by atoms with van der Waals surface area (Å²) >= 11 is 0. The van der Waals surface area contributed by atoms with Crippen molar-refractivity contribution < 1.29 is 19.8 Å². The molecule has 1 saturated heterocycles. The van der Waals surface area contributed by atoms with E-state index in [-0.39, 0.29) is 17.3 Å². The molecule has 0 bridgehead atoms. The molecule has 0 aromatic heterocycles. The number of rotatable bonds is 7. The first-order valence-electron chi connectivity index (χ1n) is 7.75. The van der Waals surface area contributed by atoms with Gasteiger partial charge in [-0.15, -0.1) is 0 Å². The number of carbonyl (C=O) groups excluding carboxylic acids is 2. The molecular weight excluding hydrogens is 270 g/mol. The van der Waals surface area contributed by atoms with Gasteiger partial charge in [0, 0.05) is 13.0 Å². The summed E-state index contributed by atoms with van der Waals surface area (Å²) in [5.41, 5.74) is -0.147. The Bertz CT molecular complexity index is 428. The fraction of sp³-hybridized carbons (Fsp3) is 0.750. The van der Waals surface area contributed by atoms with Crippen LogP contribution in [0.15, 0.2) is 11.3 Å². The number of hydrogen-bond donors (Lipinski definition) is 2. The molecule has 2 N–H and O–H groups in total. The predicted molar refractivity (Wildman–Crippen MR) is 80.8 cm³/mol. The van der Waals surface area contributed by atoms with Crippen LogP contribution in [0.1, 0.15) is 52.9 Å². The summed E-state index contributed by atoms with van der Waals surface area (Å²) in [7, 11) is 1.48. The molecule has 0 saturated carbocycles. The molecule has 1 aliphatic heterocycles. The molecule has 1 rings (SSSR count). The maximum atomic E-state index is 12.2. The highest BCUT2D eigenvalue weighted by atomic mass is 16.3. The summed E-state index contributed by atoms with van der Waals surface area (Å²) in [6, 6.07) is -0.887. The van der Waals surface area contributed by atoms with Crippen LogP contribution in [-0.2, 0) is 9.59 Å². The molecule has 0 aliphatic carbocycles. The van der Waals surface area contributed by atoms with E-state index in [9.17, 15) is 19.8 Å². The molecule has 21 heavy (non-hydrogen) atoms. The fourth-order valence-corrected chi connectivity index (χ4v) is 2.77. The van der Waals surface area contributed by atoms with E-state index in [2.05, 4.69) is 6.92 Å². The third-order valence-corrected chi connectivity index (χ3v) is 4.14. The Hall–Kier alpha value is -1.36. The van der Waals surface area contributed by atoms with Gasteiger partial charge < -0.3 is 15.1 Å². The van der Waals surface area contributed by atoms with Crippen LogP contribution in [0.2, 0.25) is 0 Å². The number of unbranched alkanes of at least 4 members (excludes halogenated alkanes) is 3. The first kappa shape index (κ1) is 17.7. The number of allylic oxidation sites excluding steroid dienone is 1. The maximum Gasteiger partial charge on any atom is 0.261 e. The van der Waals surface area contributed by atoms with Crippen molar-refractivity contribution in [3.63, 3.8) is 0 Å². The monoisotopic (exact) mass is 297 g/mol. The summed E-state index contributed by atoms with van der Waals surface area (Å²) in [6.07, 6.45) is 4.13. The first-order valence-corrected chi connectivity index (χ1v) is 7.75. The van der Waals surface area contributed by atoms with Gasteiger partial charge in [0.05, 0.1) is 6.10 Å². The Morgan fingerprint density at radius 3 is 2.33 bits per heavy atom. The van der Waals surface area contributed by atoms with E-state index in [1.165, 1.54) is 18.9 Å². The van der Waals surface area contributed by atoms with Crippen LogP contribution in [0.25, 0.3) is 0 Å². The van der Waals surface area contributed by atoms with E-state index in [1.54, 1.807) is 0 Å². The van der Waals surface area contributed by atoms with Crippen molar-refractivity contribution in [2.24, 2.45) is 5.92 Å². The van der Waals surface area contributed by atoms with E-state index < -0.39 is 23.8 Å². The second-order valence-corrected chi connectivity index (χ2v) is 5.98. The molecule has 1 aliphatic rings. The second kappa shape index (κ2) is 7.59. The number of amides is 1. The predicted octanol–water partition coefficient (Wildman–Crippen LogP) is 2.20. The lowest BCUT2D eigenvalue weighted by Crippen LogP contribution is -2.40. The third-order valence-electron chi connectivity index (χ3n) is 4.14. The van der Waals surface area contributed by atoms with Crippen molar-refractivity contribution in [2.45, 2.75) is 65.0 Å². The number of aliphatic hydroxyl groups is 2. The number of Topliss-reactive ketones (excluding diaryl/α,β-unsaturated/α-hetero) is 1. The summed E-state index contributed by atoms with van der Waals surface area (Å²) in [5.74, 6) is -1.32. The Balaban J connectivity index is 2.85. The molecule has 1 amide bonds. The topological polar surface area (TPSA) is 77.8 Å². The average molecular weight is 297 g/mol. The summed E-state index contributed by atoms with van der Waals surface area (Å²) in [6.45, 7) is 5.43. The van der Waals surface area contributed by atoms with Gasteiger partial charge in [-0.05, 0) is 13.3 Å². The Morgan fingerprint density at radius 2 is 1.86 bits per heavy atom. The van der Waals surface area contributed by atoms with Crippen molar-refractivity contribution in [1.82, 2.24) is 4.90 Å². The number of carbonyl (C=O) groups is 2. The minimum absolute atomic E-state index is 0.128. The molecule has 5 nitrogen and oxygen atoms in total. The third kappa shape index (κ3) is 3.84. The van der Waals surface area contributed by atoms with E-state index in [0.29, 0.717) is 0 Å². The molecule has 1 fully saturated rings. The number of aliphatic hydroxyl groups excluding tert-OH is 2. The van der Waals surface area contributed by atoms with E-state index in [4.69, 9.17) is 0 Å². The first-order chi connectivity index (χ1) is 9.82. The minimum atomic E-state index is -0.948. The number of nitrogens with zero attached hydrogens (tertiary/aromatic N) is 1. The van der Waals surface area contributed by atoms with Crippen LogP contribution in [-0.4, -0.2) is 46.0 Å². The Labute approximate surface area is 126 Å². The highest BCUT2D eigenvalue weighted by molar-refractivity contribution is 6.26. The van der Waals surface area contributed by atoms with Gasteiger partial charge in [0.1, 0.15) is 17.4 Å². The van der Waals surface area contributed by atoms with Gasteiger partial charge in [0.25, 0.3) is 5.91 Å². The lowest BCUT2D eigenvalue weighted by molar-refractivity contribution is -0.128. The van der Waals surface area contributed by atoms with Crippen LogP contribution in [0.5, 0.6) is 0 Å². The molecule has 5 heteroatoms. The maximum absolute atomic E-state index is 12.2. The smallest absolute Gasteiger partial charge is 0.261 e. The van der Waals surface area contributed by atoms with Gasteiger partial charge >= 0.3 is 0 Å². The van der Waals surface area contributed by atoms with E-state index in [1.807, 2.05) is 6.92 Å². The lowest BCUT2D eigenvalue weighted by atomic mass is 9.95. The van der Waals surface area contributed by atoms with Gasteiger partial charge in [-0.1, -0.05) is 39.5 Å². The quantitative estimate of drug-likeness (QED) is 0.327. The number of hydrogen-bond acceptors (Lipinski definition) is 4. The van der Waals surface area contributed by atoms with Gasteiger partial charge in [-0.3, -0.25) is 9.59 Å². The molecule has 2 unspecified atom stereocenters. The SMILES string of the molecule is CCCCCCC(C)/C(O)=C1\C(=O)[C@H](C(C)O)N(C)C1=O. The van der Waals surface area contributed by atoms with Crippen LogP contribution in [0.3, 0.4) is 0 Å². The van der Waals surface area contributed by atoms with Crippen LogP contribution < -0.4 is 0 Å². The van der Waals surface area contributed by atoms with Gasteiger partial charge in [-0.2, -0.15) is 0 Å². The van der Waals surface area contributed by atoms with Gasteiger partial charge in [0.15, 0.2) is 5.78 Å². The lowest BCUT2D eigenvalue weighted by Gasteiger charge is -2.19. The fourth-order valence-electron chi connectivity index (χ4n) is 2.77. The number of ketones is 1. The molecule has 0 radical (unpaired) electrons. The van der Waals surface area contributed by atoms with Crippen molar-refractivity contribution >= 4 is 11.7 Å². The van der Waals surface area contributed by atoms with Crippen LogP contribution in [0, 0.1) is 5.92 Å². The van der Waals surface area contributed by atoms with Crippen molar-refractivity contribution in [1.29, 1.82) is 0 Å². The molecule has 1 heterocycles. The summed E-state index contributed by atoms with van der Waals surface area (Å²) < 4.78 is 0. The standard InChI is InChI=1S/C16H27NO4/c1-5-6-7-8-9-10(2)14(19)12-15(20)13(11(3)18)17(4)16(12)21/h10-11,13,18-19H,5-9H2,1-4H3/b14-12-/t10?,11?,13-/m0/s1. The highest BCUT2D eigenvalue weighted by Gasteiger charge is 2.45. The van der Waals surface area contributed by atoms with E-state index >= 15 is 0 Å². The zero-order chi connectivity index (χ0) is 16.2. The van der Waals surface area contributed by atoms with Gasteiger partial charge in [0.2, 0.25) is 0 Å². The average Bonchev–Trinajstić information content (AvgIpc) is 2.64. The Morgan fingerprint density at radius 1 is 1.24 bits per heavy atom. The molecule has 3 atom stereocenters. The van der Waals surface area contributed by atoms with Crippen molar-refractivity contribution in [2.75, 3.05) is 7.05 Å². The number of likely N-dealkylation sites (tertiary alicyclic amines) is 1. The van der Waals surface area contributed by atoms with Crippen molar-refractivity contribution in [3.05, 3.63) is 11.3 Å². The molecule has 0 aromatic rings. The largest absolute Gasteiger partial charge is 0.511 e. The zero-order valence-corrected chi connectivity index (χ0v) is 13.4. The minimum Gasteiger partial charge on any atom is -0.511 e. The summed E-state index contributed by atoms with van der Waals surface area (Å²) in [4.78, 5) is 25.6. The molecular formula is C16H27NO4. The Kier molecular flexibility index (Phi) is 6.40. The van der Waals surface area contributed by atoms with Crippen LogP contribution in [0.4, 0.5) is 0 Å². The highest BCUT2D eigenvalue weighted by Crippen LogP contribution is 2.28. The second-order valence-electron chi connectivity index (χ2n) is 5.98. The zero-order valence-electron chi connectivity index (χ0n) is 13.4. The summed E-state index contributed by atoms with van der Waals surface area (Å²) in [5, 5.41) is 19.9. The molecule has 0 spiro atoms.